The Hall–Kier alpha value is -0.430. The Morgan fingerprint density at radius 1 is 1.86 bits per heavy atom. The number of amides is 1. The molecular weight excluding hydrogens is 113 g/mol. The minimum absolute atomic E-state index is 0. The van der Waals surface area contributed by atoms with Gasteiger partial charge in [-0.05, 0) is 0 Å². The maximum absolute atomic E-state index is 9.82. The van der Waals surface area contributed by atoms with Gasteiger partial charge < -0.3 is 4.74 Å². The third kappa shape index (κ3) is 1.64. The molecule has 0 saturated heterocycles. The molecule has 0 bridgehead atoms. The second kappa shape index (κ2) is 2.69. The summed E-state index contributed by atoms with van der Waals surface area (Å²) in [6.45, 7) is 0.346. The Morgan fingerprint density at radius 2 is 2.57 bits per heavy atom. The van der Waals surface area contributed by atoms with Crippen LogP contribution in [-0.4, -0.2) is 18.9 Å². The minimum atomic E-state index is -0.477. The summed E-state index contributed by atoms with van der Waals surface area (Å²) in [7, 11) is 0. The number of rotatable bonds is 0. The Labute approximate surface area is 44.4 Å². The Bertz CT molecular complexity index is 101. The second-order valence-electron chi connectivity index (χ2n) is 0.889. The smallest absolute Gasteiger partial charge is 0.433 e. The normalized spacial score (nSPS) is 15.7. The van der Waals surface area contributed by atoms with Crippen molar-refractivity contribution in [3.63, 3.8) is 0 Å². The Morgan fingerprint density at radius 3 is 2.71 bits per heavy atom. The Kier molecular flexibility index (Phi) is 2.53. The molecule has 1 unspecified atom stereocenters. The number of hydrogen-bond acceptors (Lipinski definition) is 2. The van der Waals surface area contributed by atoms with Gasteiger partial charge in [0.1, 0.15) is 6.61 Å². The zero-order valence-electron chi connectivity index (χ0n) is 3.76. The van der Waals surface area contributed by atoms with Gasteiger partial charge in [0.15, 0.2) is 0 Å². The topological polar surface area (TPSA) is 38.7 Å². The molecule has 4 heteroatoms. The molecule has 1 aliphatic heterocycles. The zero-order valence-corrected chi connectivity index (χ0v) is 5.17. The Balaban J connectivity index is 0.000000360. The first-order valence-electron chi connectivity index (χ1n) is 1.59. The van der Waals surface area contributed by atoms with Crippen molar-refractivity contribution in [2.24, 2.45) is 4.99 Å². The number of carbonyl (C=O) groups is 1. The lowest BCUT2D eigenvalue weighted by Crippen LogP contribution is -1.87. The van der Waals surface area contributed by atoms with E-state index in [2.05, 4.69) is 9.73 Å². The monoisotopic (exact) mass is 119 g/mol. The molecule has 1 rings (SSSR count). The van der Waals surface area contributed by atoms with Crippen LogP contribution in [0.25, 0.3) is 0 Å². The van der Waals surface area contributed by atoms with Crippen LogP contribution in [0.3, 0.4) is 0 Å². The third-order valence-electron chi connectivity index (χ3n) is 0.478. The van der Waals surface area contributed by atoms with Crippen LogP contribution in [-0.2, 0) is 4.74 Å². The van der Waals surface area contributed by atoms with Crippen LogP contribution >= 0.6 is 9.90 Å². The molecule has 0 aromatic heterocycles. The molecule has 1 atom stereocenters. The van der Waals surface area contributed by atoms with E-state index in [1.54, 1.807) is 0 Å². The van der Waals surface area contributed by atoms with Gasteiger partial charge >= 0.3 is 6.09 Å². The predicted octanol–water partition coefficient (Wildman–Crippen LogP) is 0.265. The first-order valence-corrected chi connectivity index (χ1v) is 1.59. The molecule has 0 radical (unpaired) electrons. The third-order valence-corrected chi connectivity index (χ3v) is 0.478. The number of carbonyl (C=O) groups excluding carboxylic acids is 1. The summed E-state index contributed by atoms with van der Waals surface area (Å²) < 4.78 is 4.29. The fraction of sp³-hybridized carbons (Fsp3) is 0.333. The van der Waals surface area contributed by atoms with Crippen molar-refractivity contribution in [3.8, 4) is 0 Å². The number of aliphatic imine (C=N–C) groups is 1. The van der Waals surface area contributed by atoms with E-state index in [0.29, 0.717) is 6.61 Å². The highest BCUT2D eigenvalue weighted by Crippen LogP contribution is 1.86. The molecule has 1 heterocycles. The summed E-state index contributed by atoms with van der Waals surface area (Å²) in [6.07, 6.45) is 0.956. The average Bonchev–Trinajstić information content (AvgIpc) is 1.86. The van der Waals surface area contributed by atoms with E-state index in [4.69, 9.17) is 0 Å². The maximum atomic E-state index is 9.82. The van der Waals surface area contributed by atoms with Crippen LogP contribution in [0.4, 0.5) is 4.79 Å². The van der Waals surface area contributed by atoms with Crippen LogP contribution in [0, 0.1) is 0 Å². The van der Waals surface area contributed by atoms with Crippen LogP contribution < -0.4 is 0 Å². The first-order chi connectivity index (χ1) is 2.89. The van der Waals surface area contributed by atoms with Gasteiger partial charge in [-0.25, -0.2) is 4.79 Å². The lowest BCUT2D eigenvalue weighted by Gasteiger charge is -1.78. The minimum Gasteiger partial charge on any atom is -0.442 e. The lowest BCUT2D eigenvalue weighted by atomic mass is 10.8. The van der Waals surface area contributed by atoms with E-state index in [0.717, 1.165) is 0 Å². The fourth-order valence-corrected chi connectivity index (χ4v) is 0.258. The van der Waals surface area contributed by atoms with Crippen molar-refractivity contribution in [1.82, 2.24) is 0 Å². The SMILES string of the molecule is O=C1N=CCO1.P. The molecule has 0 N–H and O–H groups in total. The largest absolute Gasteiger partial charge is 0.442 e. The molecule has 0 aromatic carbocycles. The molecule has 7 heavy (non-hydrogen) atoms. The maximum Gasteiger partial charge on any atom is 0.433 e. The van der Waals surface area contributed by atoms with Crippen molar-refractivity contribution in [3.05, 3.63) is 0 Å². The summed E-state index contributed by atoms with van der Waals surface area (Å²) in [6, 6.07) is 0. The first kappa shape index (κ1) is 6.57. The highest BCUT2D eigenvalue weighted by atomic mass is 31.0. The molecular formula is C3H6NO2P. The molecule has 1 amide bonds. The molecule has 40 valence electrons. The van der Waals surface area contributed by atoms with Crippen LogP contribution in [0.1, 0.15) is 0 Å². The van der Waals surface area contributed by atoms with Gasteiger partial charge in [-0.1, -0.05) is 0 Å². The van der Waals surface area contributed by atoms with Crippen LogP contribution in [0.5, 0.6) is 0 Å². The number of nitrogens with zero attached hydrogens (tertiary/aromatic N) is 1. The molecule has 0 aromatic rings. The van der Waals surface area contributed by atoms with Gasteiger partial charge in [-0.3, -0.25) is 0 Å². The zero-order chi connectivity index (χ0) is 4.41. The summed E-state index contributed by atoms with van der Waals surface area (Å²) in [4.78, 5) is 13.1. The van der Waals surface area contributed by atoms with Crippen LogP contribution in [0.15, 0.2) is 4.99 Å². The quantitative estimate of drug-likeness (QED) is 0.429. The van der Waals surface area contributed by atoms with Crippen molar-refractivity contribution in [1.29, 1.82) is 0 Å². The number of hydrogen-bond donors (Lipinski definition) is 0. The van der Waals surface area contributed by atoms with Crippen LogP contribution in [0.2, 0.25) is 0 Å². The van der Waals surface area contributed by atoms with Crippen molar-refractivity contribution < 1.29 is 9.53 Å². The van der Waals surface area contributed by atoms with Gasteiger partial charge in [0.2, 0.25) is 0 Å². The van der Waals surface area contributed by atoms with E-state index >= 15 is 0 Å². The van der Waals surface area contributed by atoms with E-state index in [1.165, 1.54) is 6.21 Å². The van der Waals surface area contributed by atoms with Gasteiger partial charge in [0.05, 0.1) is 0 Å². The highest BCUT2D eigenvalue weighted by Gasteiger charge is 2.00. The average molecular weight is 119 g/mol. The summed E-state index contributed by atoms with van der Waals surface area (Å²) in [5.74, 6) is 0. The van der Waals surface area contributed by atoms with E-state index in [-0.39, 0.29) is 9.90 Å². The van der Waals surface area contributed by atoms with Gasteiger partial charge in [0.25, 0.3) is 0 Å². The highest BCUT2D eigenvalue weighted by molar-refractivity contribution is 6.92. The van der Waals surface area contributed by atoms with Gasteiger partial charge in [-0.15, -0.1) is 0 Å². The summed E-state index contributed by atoms with van der Waals surface area (Å²) in [5.41, 5.74) is 0. The molecule has 0 saturated carbocycles. The van der Waals surface area contributed by atoms with Crippen molar-refractivity contribution >= 4 is 22.2 Å². The second-order valence-corrected chi connectivity index (χ2v) is 0.889. The standard InChI is InChI=1S/C3H3NO2.H3P/c5-3-4-1-2-6-3;/h1H,2H2;1H3. The van der Waals surface area contributed by atoms with Crippen molar-refractivity contribution in [2.75, 3.05) is 6.61 Å². The molecule has 0 spiro atoms. The predicted molar refractivity (Wildman–Crippen MR) is 30.9 cm³/mol. The molecule has 0 aliphatic carbocycles. The van der Waals surface area contributed by atoms with Gasteiger partial charge in [0, 0.05) is 6.21 Å². The number of cyclic esters (lactones) is 1. The van der Waals surface area contributed by atoms with Gasteiger partial charge in [-0.2, -0.15) is 14.9 Å². The summed E-state index contributed by atoms with van der Waals surface area (Å²) in [5, 5.41) is 0. The lowest BCUT2D eigenvalue weighted by molar-refractivity contribution is 0.181. The van der Waals surface area contributed by atoms with E-state index in [9.17, 15) is 4.79 Å². The fourth-order valence-electron chi connectivity index (χ4n) is 0.258. The van der Waals surface area contributed by atoms with E-state index < -0.39 is 6.09 Å². The van der Waals surface area contributed by atoms with E-state index in [1.807, 2.05) is 0 Å². The summed E-state index contributed by atoms with van der Waals surface area (Å²) >= 11 is 0. The van der Waals surface area contributed by atoms with Crippen molar-refractivity contribution in [2.45, 2.75) is 0 Å². The molecule has 1 aliphatic rings. The number of ether oxygens (including phenoxy) is 1. The molecule has 0 fully saturated rings. The molecule has 3 nitrogen and oxygen atoms in total.